The lowest BCUT2D eigenvalue weighted by Gasteiger charge is -2.19. The number of aromatic nitrogens is 1. The van der Waals surface area contributed by atoms with Crippen molar-refractivity contribution >= 4 is 33.2 Å². The van der Waals surface area contributed by atoms with Gasteiger partial charge in [-0.1, -0.05) is 15.9 Å². The maximum absolute atomic E-state index is 13.5. The van der Waals surface area contributed by atoms with Crippen LogP contribution in [0, 0.1) is 5.82 Å². The molecule has 6 heteroatoms. The fraction of sp³-hybridized carbons (Fsp3) is 0.333. The molecule has 2 rings (SSSR count). The zero-order valence-electron chi connectivity index (χ0n) is 11.9. The van der Waals surface area contributed by atoms with Gasteiger partial charge in [-0.25, -0.2) is 9.37 Å². The lowest BCUT2D eigenvalue weighted by molar-refractivity contribution is -0.148. The summed E-state index contributed by atoms with van der Waals surface area (Å²) >= 11 is 4.64. The summed E-state index contributed by atoms with van der Waals surface area (Å²) in [6.45, 7) is 5.64. The Morgan fingerprint density at radius 3 is 2.76 bits per heavy atom. The average molecular weight is 372 g/mol. The van der Waals surface area contributed by atoms with E-state index in [1.807, 2.05) is 5.38 Å². The van der Waals surface area contributed by atoms with Gasteiger partial charge in [0.1, 0.15) is 16.2 Å². The second-order valence-electron chi connectivity index (χ2n) is 5.04. The summed E-state index contributed by atoms with van der Waals surface area (Å²) < 4.78 is 19.2. The van der Waals surface area contributed by atoms with E-state index in [1.165, 1.54) is 23.5 Å². The van der Waals surface area contributed by atoms with Crippen LogP contribution in [0.4, 0.5) is 4.39 Å². The van der Waals surface area contributed by atoms with Crippen molar-refractivity contribution in [3.8, 4) is 10.6 Å². The van der Waals surface area contributed by atoms with Crippen LogP contribution in [-0.4, -0.2) is 17.6 Å². The van der Waals surface area contributed by atoms with Gasteiger partial charge in [0.15, 0.2) is 0 Å². The third-order valence-corrected chi connectivity index (χ3v) is 4.39. The summed E-state index contributed by atoms with van der Waals surface area (Å²) in [5, 5.41) is 2.48. The highest BCUT2D eigenvalue weighted by Crippen LogP contribution is 2.32. The Morgan fingerprint density at radius 2 is 2.14 bits per heavy atom. The number of halogens is 2. The van der Waals surface area contributed by atoms with E-state index >= 15 is 0 Å². The molecule has 2 aromatic rings. The van der Waals surface area contributed by atoms with Gasteiger partial charge >= 0.3 is 5.97 Å². The summed E-state index contributed by atoms with van der Waals surface area (Å²) in [5.41, 5.74) is 0.481. The second kappa shape index (κ2) is 6.23. The SMILES string of the molecule is CCOC(=O)C(C)(C)c1csc(-c2cc(F)cc(Br)c2)n1. The van der Waals surface area contributed by atoms with Crippen molar-refractivity contribution in [2.45, 2.75) is 26.2 Å². The van der Waals surface area contributed by atoms with Crippen LogP contribution >= 0.6 is 27.3 Å². The molecule has 1 aromatic carbocycles. The van der Waals surface area contributed by atoms with Gasteiger partial charge in [0, 0.05) is 15.4 Å². The van der Waals surface area contributed by atoms with Gasteiger partial charge in [0.2, 0.25) is 0 Å². The number of nitrogens with zero attached hydrogens (tertiary/aromatic N) is 1. The molecule has 0 radical (unpaired) electrons. The molecule has 0 unspecified atom stereocenters. The van der Waals surface area contributed by atoms with Crippen LogP contribution in [0.2, 0.25) is 0 Å². The fourth-order valence-electron chi connectivity index (χ4n) is 1.79. The molecule has 0 atom stereocenters. The first-order chi connectivity index (χ1) is 9.84. The molecule has 0 saturated carbocycles. The average Bonchev–Trinajstić information content (AvgIpc) is 2.88. The van der Waals surface area contributed by atoms with Crippen LogP contribution in [-0.2, 0) is 14.9 Å². The van der Waals surface area contributed by atoms with Crippen LogP contribution < -0.4 is 0 Å². The number of benzene rings is 1. The highest BCUT2D eigenvalue weighted by Gasteiger charge is 2.34. The molecule has 1 heterocycles. The minimum Gasteiger partial charge on any atom is -0.465 e. The molecule has 0 bridgehead atoms. The summed E-state index contributed by atoms with van der Waals surface area (Å²) in [5.74, 6) is -0.650. The number of ether oxygens (including phenoxy) is 1. The highest BCUT2D eigenvalue weighted by molar-refractivity contribution is 9.10. The van der Waals surface area contributed by atoms with E-state index in [-0.39, 0.29) is 11.8 Å². The summed E-state index contributed by atoms with van der Waals surface area (Å²) in [6, 6.07) is 4.61. The van der Waals surface area contributed by atoms with Crippen LogP contribution in [0.15, 0.2) is 28.1 Å². The standard InChI is InChI=1S/C15H15BrFNO2S/c1-4-20-14(19)15(2,3)12-8-21-13(18-12)9-5-10(16)7-11(17)6-9/h5-8H,4H2,1-3H3. The maximum atomic E-state index is 13.5. The predicted molar refractivity (Wildman–Crippen MR) is 84.9 cm³/mol. The Bertz CT molecular complexity index is 649. The fourth-order valence-corrected chi connectivity index (χ4v) is 3.23. The summed E-state index contributed by atoms with van der Waals surface area (Å²) in [6.07, 6.45) is 0. The van der Waals surface area contributed by atoms with Gasteiger partial charge in [-0.3, -0.25) is 4.79 Å². The van der Waals surface area contributed by atoms with Gasteiger partial charge in [-0.2, -0.15) is 0 Å². The third-order valence-electron chi connectivity index (χ3n) is 3.04. The molecule has 0 amide bonds. The van der Waals surface area contributed by atoms with Crippen LogP contribution in [0.3, 0.4) is 0 Å². The lowest BCUT2D eigenvalue weighted by atomic mass is 9.90. The van der Waals surface area contributed by atoms with E-state index in [1.54, 1.807) is 26.8 Å². The number of esters is 1. The number of hydrogen-bond donors (Lipinski definition) is 0. The van der Waals surface area contributed by atoms with Gasteiger partial charge in [0.25, 0.3) is 0 Å². The van der Waals surface area contributed by atoms with Gasteiger partial charge in [-0.15, -0.1) is 11.3 Å². The largest absolute Gasteiger partial charge is 0.465 e. The van der Waals surface area contributed by atoms with Crippen molar-refractivity contribution in [2.24, 2.45) is 0 Å². The van der Waals surface area contributed by atoms with E-state index in [2.05, 4.69) is 20.9 Å². The number of rotatable bonds is 4. The first kappa shape index (κ1) is 16.1. The first-order valence-corrected chi connectivity index (χ1v) is 8.11. The van der Waals surface area contributed by atoms with Crippen molar-refractivity contribution in [1.82, 2.24) is 4.98 Å². The van der Waals surface area contributed by atoms with Gasteiger partial charge < -0.3 is 4.74 Å². The Hall–Kier alpha value is -1.27. The second-order valence-corrected chi connectivity index (χ2v) is 6.82. The Balaban J connectivity index is 2.35. The zero-order valence-corrected chi connectivity index (χ0v) is 14.3. The van der Waals surface area contributed by atoms with E-state index in [4.69, 9.17) is 4.74 Å². The van der Waals surface area contributed by atoms with E-state index in [0.29, 0.717) is 27.3 Å². The van der Waals surface area contributed by atoms with Gasteiger partial charge in [-0.05, 0) is 39.0 Å². The molecule has 21 heavy (non-hydrogen) atoms. The van der Waals surface area contributed by atoms with Crippen LogP contribution in [0.5, 0.6) is 0 Å². The predicted octanol–water partition coefficient (Wildman–Crippen LogP) is 4.55. The molecule has 0 N–H and O–H groups in total. The Morgan fingerprint density at radius 1 is 1.43 bits per heavy atom. The van der Waals surface area contributed by atoms with Crippen molar-refractivity contribution in [3.05, 3.63) is 39.6 Å². The van der Waals surface area contributed by atoms with Gasteiger partial charge in [0.05, 0.1) is 12.3 Å². The number of carbonyl (C=O) groups excluding carboxylic acids is 1. The first-order valence-electron chi connectivity index (χ1n) is 6.44. The van der Waals surface area contributed by atoms with Crippen molar-refractivity contribution in [1.29, 1.82) is 0 Å². The quantitative estimate of drug-likeness (QED) is 0.739. The van der Waals surface area contributed by atoms with Crippen molar-refractivity contribution in [3.63, 3.8) is 0 Å². The van der Waals surface area contributed by atoms with Crippen molar-refractivity contribution < 1.29 is 13.9 Å². The van der Waals surface area contributed by atoms with Crippen LogP contribution in [0.25, 0.3) is 10.6 Å². The highest BCUT2D eigenvalue weighted by atomic mass is 79.9. The maximum Gasteiger partial charge on any atom is 0.317 e. The zero-order chi connectivity index (χ0) is 15.6. The molecule has 0 spiro atoms. The molecule has 3 nitrogen and oxygen atoms in total. The molecule has 0 aliphatic rings. The molecule has 0 fully saturated rings. The minimum absolute atomic E-state index is 0.317. The Kier molecular flexibility index (Phi) is 4.78. The monoisotopic (exact) mass is 371 g/mol. The number of thiazole rings is 1. The molecule has 0 aliphatic heterocycles. The summed E-state index contributed by atoms with van der Waals surface area (Å²) in [4.78, 5) is 16.5. The molecule has 0 aliphatic carbocycles. The molecule has 1 aromatic heterocycles. The van der Waals surface area contributed by atoms with Crippen LogP contribution in [0.1, 0.15) is 26.5 Å². The third kappa shape index (κ3) is 3.49. The molecule has 112 valence electrons. The topological polar surface area (TPSA) is 39.2 Å². The molecular formula is C15H15BrFNO2S. The van der Waals surface area contributed by atoms with E-state index < -0.39 is 5.41 Å². The minimum atomic E-state index is -0.824. The normalized spacial score (nSPS) is 11.5. The Labute approximate surface area is 135 Å². The number of hydrogen-bond acceptors (Lipinski definition) is 4. The van der Waals surface area contributed by atoms with E-state index in [0.717, 1.165) is 0 Å². The molecular weight excluding hydrogens is 357 g/mol. The molecule has 0 saturated heterocycles. The summed E-state index contributed by atoms with van der Waals surface area (Å²) in [7, 11) is 0. The smallest absolute Gasteiger partial charge is 0.317 e. The van der Waals surface area contributed by atoms with Crippen molar-refractivity contribution in [2.75, 3.05) is 6.61 Å². The van der Waals surface area contributed by atoms with E-state index in [9.17, 15) is 9.18 Å². The lowest BCUT2D eigenvalue weighted by Crippen LogP contribution is -2.31. The number of carbonyl (C=O) groups is 1.